The summed E-state index contributed by atoms with van der Waals surface area (Å²) in [7, 11) is 0. The summed E-state index contributed by atoms with van der Waals surface area (Å²) < 4.78 is 11.1. The zero-order chi connectivity index (χ0) is 20.4. The van der Waals surface area contributed by atoms with Crippen molar-refractivity contribution in [1.82, 2.24) is 10.3 Å². The molecule has 7 nitrogen and oxygen atoms in total. The van der Waals surface area contributed by atoms with Crippen LogP contribution < -0.4 is 10.6 Å². The molecule has 0 aliphatic carbocycles. The van der Waals surface area contributed by atoms with E-state index in [0.717, 1.165) is 44.6 Å². The molecule has 1 aliphatic rings. The Hall–Kier alpha value is -2.17. The summed E-state index contributed by atoms with van der Waals surface area (Å²) in [6.07, 6.45) is 18.6. The predicted octanol–water partition coefficient (Wildman–Crippen LogP) is 4.58. The summed E-state index contributed by atoms with van der Waals surface area (Å²) in [6, 6.07) is 3.68. The average molecular weight is 402 g/mol. The monoisotopic (exact) mass is 401 g/mol. The van der Waals surface area contributed by atoms with Gasteiger partial charge in [-0.25, -0.2) is 0 Å². The smallest absolute Gasteiger partial charge is 0.209 e. The number of unbranched alkanes of at least 4 members (excludes halogenated alkanes) is 8. The zero-order valence-electron chi connectivity index (χ0n) is 17.4. The van der Waals surface area contributed by atoms with Gasteiger partial charge in [0.1, 0.15) is 0 Å². The van der Waals surface area contributed by atoms with Crippen LogP contribution in [0.3, 0.4) is 0 Å². The van der Waals surface area contributed by atoms with E-state index in [-0.39, 0.29) is 6.29 Å². The molecule has 2 N–H and O–H groups in total. The molecule has 1 aromatic rings. The van der Waals surface area contributed by atoms with Gasteiger partial charge in [0.05, 0.1) is 0 Å². The van der Waals surface area contributed by atoms with Gasteiger partial charge in [0, 0.05) is 44.3 Å². The Bertz CT molecular complexity index is 597. The maximum atomic E-state index is 8.85. The molecular weight excluding hydrogens is 366 g/mol. The molecule has 0 amide bonds. The number of aliphatic imine (C=N–C) groups is 1. The average Bonchev–Trinajstić information content (AvgIpc) is 3.26. The lowest BCUT2D eigenvalue weighted by Gasteiger charge is -2.10. The topological polar surface area (TPSA) is 91.6 Å². The first-order valence-corrected chi connectivity index (χ1v) is 11.0. The van der Waals surface area contributed by atoms with Crippen LogP contribution in [0.1, 0.15) is 70.6 Å². The van der Waals surface area contributed by atoms with Crippen molar-refractivity contribution in [2.45, 2.75) is 76.9 Å². The number of aromatic nitrogens is 1. The molecule has 1 unspecified atom stereocenters. The van der Waals surface area contributed by atoms with Crippen LogP contribution in [0.5, 0.6) is 0 Å². The van der Waals surface area contributed by atoms with E-state index in [1.807, 2.05) is 18.3 Å². The van der Waals surface area contributed by atoms with Crippen molar-refractivity contribution < 1.29 is 9.47 Å². The first-order valence-electron chi connectivity index (χ1n) is 11.0. The Balaban J connectivity index is 1.39. The summed E-state index contributed by atoms with van der Waals surface area (Å²) in [5.41, 5.74) is 0.861. The lowest BCUT2D eigenvalue weighted by Crippen LogP contribution is -2.27. The van der Waals surface area contributed by atoms with Crippen LogP contribution >= 0.6 is 0 Å². The Morgan fingerprint density at radius 2 is 1.79 bits per heavy atom. The molecular formula is C22H35N5O2. The standard InChI is InChI=1S/C22H35N5O2/c23-19-26-22(27-20-12-15-24-16-13-20)25-14-8-6-4-2-1-3-5-7-9-17-28-21-11-10-18-29-21/h12-13,15-16,21H,1-11,14,17-18H2,(H2,24,25,26,27). The quantitative estimate of drug-likeness (QED) is 0.156. The summed E-state index contributed by atoms with van der Waals surface area (Å²) in [5.74, 6) is 0.488. The molecule has 1 fully saturated rings. The highest BCUT2D eigenvalue weighted by atomic mass is 16.7. The van der Waals surface area contributed by atoms with E-state index < -0.39 is 0 Å². The van der Waals surface area contributed by atoms with E-state index in [1.165, 1.54) is 44.9 Å². The van der Waals surface area contributed by atoms with Gasteiger partial charge in [0.15, 0.2) is 12.5 Å². The van der Waals surface area contributed by atoms with Gasteiger partial charge >= 0.3 is 0 Å². The number of rotatable bonds is 14. The third-order valence-electron chi connectivity index (χ3n) is 4.88. The lowest BCUT2D eigenvalue weighted by molar-refractivity contribution is -0.111. The molecule has 2 heterocycles. The molecule has 1 aromatic heterocycles. The second kappa shape index (κ2) is 15.7. The number of pyridine rings is 1. The van der Waals surface area contributed by atoms with Gasteiger partial charge in [-0.2, -0.15) is 5.26 Å². The predicted molar refractivity (Wildman–Crippen MR) is 115 cm³/mol. The molecule has 2 rings (SSSR count). The van der Waals surface area contributed by atoms with Gasteiger partial charge in [0.25, 0.3) is 0 Å². The van der Waals surface area contributed by atoms with Crippen LogP contribution in [-0.2, 0) is 9.47 Å². The van der Waals surface area contributed by atoms with Crippen molar-refractivity contribution >= 4 is 11.6 Å². The number of hydrogen-bond donors (Lipinski definition) is 2. The molecule has 1 atom stereocenters. The minimum atomic E-state index is 0.0671. The first kappa shape index (κ1) is 23.1. The second-order valence-electron chi connectivity index (χ2n) is 7.32. The number of anilines is 1. The maximum Gasteiger partial charge on any atom is 0.209 e. The highest BCUT2D eigenvalue weighted by molar-refractivity contribution is 5.94. The van der Waals surface area contributed by atoms with E-state index in [2.05, 4.69) is 20.6 Å². The van der Waals surface area contributed by atoms with Crippen molar-refractivity contribution in [2.75, 3.05) is 25.1 Å². The fourth-order valence-electron chi connectivity index (χ4n) is 3.27. The fourth-order valence-corrected chi connectivity index (χ4v) is 3.27. The fraction of sp³-hybridized carbons (Fsp3) is 0.682. The largest absolute Gasteiger partial charge is 0.353 e. The SMILES string of the molecule is N#CNC(=NCCCCCCCCCCCOC1CCCO1)Nc1ccncc1. The maximum absolute atomic E-state index is 8.85. The van der Waals surface area contributed by atoms with Gasteiger partial charge < -0.3 is 14.8 Å². The number of nitrogens with zero attached hydrogens (tertiary/aromatic N) is 3. The Labute approximate surface area is 174 Å². The van der Waals surface area contributed by atoms with Crippen LogP contribution in [0.15, 0.2) is 29.5 Å². The number of ether oxygens (including phenoxy) is 2. The molecule has 7 heteroatoms. The van der Waals surface area contributed by atoms with Crippen LogP contribution in [0.2, 0.25) is 0 Å². The van der Waals surface area contributed by atoms with Gasteiger partial charge in [-0.05, 0) is 31.4 Å². The Morgan fingerprint density at radius 1 is 1.10 bits per heavy atom. The molecule has 0 spiro atoms. The van der Waals surface area contributed by atoms with Gasteiger partial charge in [0.2, 0.25) is 5.96 Å². The normalized spacial score (nSPS) is 16.5. The third kappa shape index (κ3) is 11.4. The summed E-state index contributed by atoms with van der Waals surface area (Å²) in [5, 5.41) is 14.5. The number of nitriles is 1. The molecule has 0 saturated carbocycles. The van der Waals surface area contributed by atoms with Crippen molar-refractivity contribution in [2.24, 2.45) is 4.99 Å². The van der Waals surface area contributed by atoms with E-state index >= 15 is 0 Å². The summed E-state index contributed by atoms with van der Waals surface area (Å²) in [4.78, 5) is 8.42. The minimum absolute atomic E-state index is 0.0671. The molecule has 0 bridgehead atoms. The first-order chi connectivity index (χ1) is 14.4. The molecule has 1 aliphatic heterocycles. The van der Waals surface area contributed by atoms with E-state index in [9.17, 15) is 0 Å². The molecule has 0 radical (unpaired) electrons. The second-order valence-corrected chi connectivity index (χ2v) is 7.32. The van der Waals surface area contributed by atoms with Gasteiger partial charge in [-0.1, -0.05) is 44.9 Å². The van der Waals surface area contributed by atoms with Crippen LogP contribution in [-0.4, -0.2) is 37.0 Å². The van der Waals surface area contributed by atoms with E-state index in [1.54, 1.807) is 12.4 Å². The lowest BCUT2D eigenvalue weighted by atomic mass is 10.1. The number of guanidine groups is 1. The number of nitrogens with one attached hydrogen (secondary N) is 2. The summed E-state index contributed by atoms with van der Waals surface area (Å²) >= 11 is 0. The minimum Gasteiger partial charge on any atom is -0.353 e. The number of hydrogen-bond acceptors (Lipinski definition) is 5. The molecule has 1 saturated heterocycles. The molecule has 0 aromatic carbocycles. The molecule has 29 heavy (non-hydrogen) atoms. The van der Waals surface area contributed by atoms with Crippen molar-refractivity contribution in [1.29, 1.82) is 5.26 Å². The van der Waals surface area contributed by atoms with Gasteiger partial charge in [-0.3, -0.25) is 15.3 Å². The molecule has 160 valence electrons. The van der Waals surface area contributed by atoms with Gasteiger partial charge in [-0.15, -0.1) is 0 Å². The van der Waals surface area contributed by atoms with Crippen molar-refractivity contribution in [3.63, 3.8) is 0 Å². The van der Waals surface area contributed by atoms with Crippen LogP contribution in [0, 0.1) is 11.5 Å². The zero-order valence-corrected chi connectivity index (χ0v) is 17.4. The third-order valence-corrected chi connectivity index (χ3v) is 4.88. The Kier molecular flexibility index (Phi) is 12.5. The highest BCUT2D eigenvalue weighted by Crippen LogP contribution is 2.14. The van der Waals surface area contributed by atoms with Crippen LogP contribution in [0.25, 0.3) is 0 Å². The van der Waals surface area contributed by atoms with Crippen molar-refractivity contribution in [3.8, 4) is 6.19 Å². The highest BCUT2D eigenvalue weighted by Gasteiger charge is 2.14. The van der Waals surface area contributed by atoms with E-state index in [4.69, 9.17) is 14.7 Å². The summed E-state index contributed by atoms with van der Waals surface area (Å²) in [6.45, 7) is 2.41. The Morgan fingerprint density at radius 3 is 2.45 bits per heavy atom. The van der Waals surface area contributed by atoms with Crippen LogP contribution in [0.4, 0.5) is 5.69 Å². The van der Waals surface area contributed by atoms with E-state index in [0.29, 0.717) is 12.5 Å². The van der Waals surface area contributed by atoms with Crippen molar-refractivity contribution in [3.05, 3.63) is 24.5 Å².